The fourth-order valence-corrected chi connectivity index (χ4v) is 3.51. The van der Waals surface area contributed by atoms with Crippen LogP contribution in [-0.2, 0) is 16.0 Å². The van der Waals surface area contributed by atoms with E-state index in [0.717, 1.165) is 17.7 Å². The van der Waals surface area contributed by atoms with Crippen molar-refractivity contribution in [1.82, 2.24) is 0 Å². The Kier molecular flexibility index (Phi) is 5.02. The van der Waals surface area contributed by atoms with E-state index in [1.807, 2.05) is 31.2 Å². The van der Waals surface area contributed by atoms with Gasteiger partial charge in [-0.05, 0) is 50.1 Å². The first kappa shape index (κ1) is 17.8. The van der Waals surface area contributed by atoms with Crippen molar-refractivity contribution < 1.29 is 14.3 Å². The summed E-state index contributed by atoms with van der Waals surface area (Å²) < 4.78 is 5.34. The molecule has 0 fully saturated rings. The molecule has 4 nitrogen and oxygen atoms in total. The molecule has 0 radical (unpaired) electrons. The van der Waals surface area contributed by atoms with Gasteiger partial charge in [0.05, 0.1) is 10.6 Å². The molecule has 0 saturated carbocycles. The topological polar surface area (TPSA) is 46.6 Å². The number of fused-ring (bicyclic) bond motifs is 1. The van der Waals surface area contributed by atoms with Gasteiger partial charge in [-0.25, -0.2) is 4.79 Å². The number of para-hydroxylation sites is 1. The molecular weight excluding hydrogens is 361 g/mol. The molecule has 6 heteroatoms. The summed E-state index contributed by atoms with van der Waals surface area (Å²) in [6.07, 6.45) is -0.140. The van der Waals surface area contributed by atoms with Gasteiger partial charge in [-0.2, -0.15) is 0 Å². The average Bonchev–Trinajstić information content (AvgIpc) is 2.89. The molecule has 0 spiro atoms. The van der Waals surface area contributed by atoms with Gasteiger partial charge in [0.25, 0.3) is 5.91 Å². The van der Waals surface area contributed by atoms with Gasteiger partial charge in [0.1, 0.15) is 0 Å². The van der Waals surface area contributed by atoms with Crippen molar-refractivity contribution in [3.8, 4) is 0 Å². The fourth-order valence-electron chi connectivity index (χ4n) is 3.03. The molecule has 25 heavy (non-hydrogen) atoms. The predicted octanol–water partition coefficient (Wildman–Crippen LogP) is 4.52. The second-order valence-corrected chi connectivity index (χ2v) is 6.91. The molecule has 0 unspecified atom stereocenters. The Bertz CT molecular complexity index is 837. The van der Waals surface area contributed by atoms with E-state index in [-0.39, 0.29) is 22.5 Å². The number of benzene rings is 2. The number of anilines is 1. The van der Waals surface area contributed by atoms with Crippen LogP contribution in [0.5, 0.6) is 0 Å². The van der Waals surface area contributed by atoms with Gasteiger partial charge in [-0.1, -0.05) is 41.4 Å². The quantitative estimate of drug-likeness (QED) is 0.738. The van der Waals surface area contributed by atoms with Gasteiger partial charge >= 0.3 is 5.97 Å². The number of carbonyl (C=O) groups excluding carboxylic acids is 2. The molecule has 3 rings (SSSR count). The summed E-state index contributed by atoms with van der Waals surface area (Å²) >= 11 is 11.9. The molecule has 2 aromatic rings. The number of esters is 1. The average molecular weight is 378 g/mol. The lowest BCUT2D eigenvalue weighted by atomic mass is 10.1. The van der Waals surface area contributed by atoms with E-state index < -0.39 is 12.1 Å². The summed E-state index contributed by atoms with van der Waals surface area (Å²) in [5.74, 6) is -0.904. The molecule has 1 heterocycles. The summed E-state index contributed by atoms with van der Waals surface area (Å²) in [6.45, 7) is 3.54. The number of ether oxygens (including phenoxy) is 1. The van der Waals surface area contributed by atoms with Crippen LogP contribution in [0.4, 0.5) is 5.69 Å². The van der Waals surface area contributed by atoms with Gasteiger partial charge in [0.15, 0.2) is 6.10 Å². The van der Waals surface area contributed by atoms with Crippen molar-refractivity contribution in [2.75, 3.05) is 4.90 Å². The zero-order chi connectivity index (χ0) is 18.1. The summed E-state index contributed by atoms with van der Waals surface area (Å²) in [4.78, 5) is 26.8. The van der Waals surface area contributed by atoms with Crippen LogP contribution < -0.4 is 4.90 Å². The van der Waals surface area contributed by atoms with E-state index in [2.05, 4.69) is 0 Å². The summed E-state index contributed by atoms with van der Waals surface area (Å²) in [7, 11) is 0. The zero-order valence-electron chi connectivity index (χ0n) is 13.8. The smallest absolute Gasteiger partial charge is 0.340 e. The van der Waals surface area contributed by atoms with Crippen LogP contribution in [0.2, 0.25) is 10.0 Å². The third kappa shape index (κ3) is 3.51. The van der Waals surface area contributed by atoms with Crippen LogP contribution in [0.15, 0.2) is 42.5 Å². The van der Waals surface area contributed by atoms with Crippen LogP contribution in [0.1, 0.15) is 29.8 Å². The highest BCUT2D eigenvalue weighted by atomic mass is 35.5. The zero-order valence-corrected chi connectivity index (χ0v) is 15.3. The maximum atomic E-state index is 12.8. The fraction of sp³-hybridized carbons (Fsp3) is 0.263. The van der Waals surface area contributed by atoms with Crippen LogP contribution in [0.25, 0.3) is 0 Å². The van der Waals surface area contributed by atoms with Gasteiger partial charge in [0.2, 0.25) is 0 Å². The Hall–Kier alpha value is -2.04. The van der Waals surface area contributed by atoms with E-state index in [1.54, 1.807) is 17.9 Å². The van der Waals surface area contributed by atoms with E-state index in [9.17, 15) is 9.59 Å². The number of nitrogens with zero attached hydrogens (tertiary/aromatic N) is 1. The molecular formula is C19H17Cl2NO3. The van der Waals surface area contributed by atoms with Crippen molar-refractivity contribution in [3.05, 3.63) is 63.6 Å². The maximum absolute atomic E-state index is 12.8. The first-order valence-electron chi connectivity index (χ1n) is 7.95. The number of rotatable bonds is 3. The lowest BCUT2D eigenvalue weighted by Crippen LogP contribution is -2.43. The number of hydrogen-bond donors (Lipinski definition) is 0. The number of halogens is 2. The SMILES string of the molecule is C[C@@H](OC(=O)c1ccc(Cl)cc1Cl)C(=O)N1c2ccccc2C[C@@H]1C. The van der Waals surface area contributed by atoms with Crippen molar-refractivity contribution in [2.45, 2.75) is 32.4 Å². The normalized spacial score (nSPS) is 17.1. The summed E-state index contributed by atoms with van der Waals surface area (Å²) in [5.41, 5.74) is 2.16. The highest BCUT2D eigenvalue weighted by Gasteiger charge is 2.34. The molecule has 0 saturated heterocycles. The highest BCUT2D eigenvalue weighted by Crippen LogP contribution is 2.32. The monoisotopic (exact) mass is 377 g/mol. The Labute approximate surface area is 156 Å². The Morgan fingerprint density at radius 3 is 2.64 bits per heavy atom. The first-order chi connectivity index (χ1) is 11.9. The van der Waals surface area contributed by atoms with E-state index in [4.69, 9.17) is 27.9 Å². The van der Waals surface area contributed by atoms with Gasteiger partial charge in [-0.3, -0.25) is 4.79 Å². The number of hydrogen-bond acceptors (Lipinski definition) is 3. The van der Waals surface area contributed by atoms with Gasteiger partial charge in [-0.15, -0.1) is 0 Å². The third-order valence-electron chi connectivity index (χ3n) is 4.23. The van der Waals surface area contributed by atoms with Crippen LogP contribution in [0, 0.1) is 0 Å². The second kappa shape index (κ2) is 7.06. The molecule has 0 bridgehead atoms. The molecule has 0 aromatic heterocycles. The lowest BCUT2D eigenvalue weighted by Gasteiger charge is -2.26. The molecule has 2 aromatic carbocycles. The molecule has 130 valence electrons. The minimum Gasteiger partial charge on any atom is -0.449 e. The minimum atomic E-state index is -0.923. The van der Waals surface area contributed by atoms with Gasteiger partial charge < -0.3 is 9.64 Å². The summed E-state index contributed by atoms with van der Waals surface area (Å²) in [6, 6.07) is 12.3. The molecule has 0 aliphatic carbocycles. The molecule has 0 N–H and O–H groups in total. The molecule has 1 amide bonds. The lowest BCUT2D eigenvalue weighted by molar-refractivity contribution is -0.126. The highest BCUT2D eigenvalue weighted by molar-refractivity contribution is 6.36. The van der Waals surface area contributed by atoms with E-state index in [0.29, 0.717) is 5.02 Å². The molecule has 1 aliphatic heterocycles. The minimum absolute atomic E-state index is 0.0187. The molecule has 1 aliphatic rings. The van der Waals surface area contributed by atoms with Gasteiger partial charge in [0, 0.05) is 16.8 Å². The Morgan fingerprint density at radius 1 is 1.20 bits per heavy atom. The molecule has 2 atom stereocenters. The standard InChI is InChI=1S/C19H17Cl2NO3/c1-11-9-13-5-3-4-6-17(13)22(11)18(23)12(2)25-19(24)15-8-7-14(20)10-16(15)21/h3-8,10-12H,9H2,1-2H3/t11-,12+/m0/s1. The van der Waals surface area contributed by atoms with Crippen LogP contribution in [0.3, 0.4) is 0 Å². The van der Waals surface area contributed by atoms with E-state index >= 15 is 0 Å². The second-order valence-electron chi connectivity index (χ2n) is 6.06. The van der Waals surface area contributed by atoms with Crippen LogP contribution >= 0.6 is 23.2 Å². The maximum Gasteiger partial charge on any atom is 0.340 e. The van der Waals surface area contributed by atoms with Crippen molar-refractivity contribution in [2.24, 2.45) is 0 Å². The van der Waals surface area contributed by atoms with Crippen molar-refractivity contribution >= 4 is 40.8 Å². The summed E-state index contributed by atoms with van der Waals surface area (Å²) in [5, 5.41) is 0.616. The van der Waals surface area contributed by atoms with Crippen molar-refractivity contribution in [3.63, 3.8) is 0 Å². The number of carbonyl (C=O) groups is 2. The number of amides is 1. The predicted molar refractivity (Wildman–Crippen MR) is 98.4 cm³/mol. The largest absolute Gasteiger partial charge is 0.449 e. The van der Waals surface area contributed by atoms with Crippen LogP contribution in [-0.4, -0.2) is 24.0 Å². The van der Waals surface area contributed by atoms with E-state index in [1.165, 1.54) is 12.1 Å². The Balaban J connectivity index is 1.76. The van der Waals surface area contributed by atoms with Crippen molar-refractivity contribution in [1.29, 1.82) is 0 Å². The third-order valence-corrected chi connectivity index (χ3v) is 4.78. The Morgan fingerprint density at radius 2 is 1.92 bits per heavy atom. The first-order valence-corrected chi connectivity index (χ1v) is 8.71.